The number of carbonyl (C=O) groups is 3. The summed E-state index contributed by atoms with van der Waals surface area (Å²) < 4.78 is 0. The molecule has 128 valence electrons. The number of carbonyl (C=O) groups excluding carboxylic acids is 2. The Labute approximate surface area is 142 Å². The number of H-pyrrole nitrogens is 1. The second kappa shape index (κ2) is 6.31. The summed E-state index contributed by atoms with van der Waals surface area (Å²) in [5.41, 5.74) is 0.622. The topological polar surface area (TPSA) is 120 Å². The van der Waals surface area contributed by atoms with Crippen LogP contribution in [0.5, 0.6) is 0 Å². The molecule has 0 saturated carbocycles. The highest BCUT2D eigenvalue weighted by molar-refractivity contribution is 6.21. The van der Waals surface area contributed by atoms with Crippen molar-refractivity contribution >= 4 is 17.8 Å². The molecule has 1 aromatic heterocycles. The molecule has 0 saturated heterocycles. The van der Waals surface area contributed by atoms with Crippen LogP contribution in [0, 0.1) is 6.92 Å². The number of aromatic amines is 1. The van der Waals surface area contributed by atoms with Crippen molar-refractivity contribution in [2.24, 2.45) is 0 Å². The predicted molar refractivity (Wildman–Crippen MR) is 86.4 cm³/mol. The van der Waals surface area contributed by atoms with E-state index in [0.717, 1.165) is 4.90 Å². The molecular weight excluding hydrogens is 326 g/mol. The molecule has 8 heteroatoms. The van der Waals surface area contributed by atoms with Crippen LogP contribution in [0.2, 0.25) is 0 Å². The number of fused-ring (bicyclic) bond motifs is 1. The van der Waals surface area contributed by atoms with Crippen LogP contribution in [0.3, 0.4) is 0 Å². The van der Waals surface area contributed by atoms with Gasteiger partial charge in [0.1, 0.15) is 5.82 Å². The fraction of sp³-hybridized carbons (Fsp3) is 0.235. The van der Waals surface area contributed by atoms with Gasteiger partial charge < -0.3 is 10.1 Å². The third-order valence-electron chi connectivity index (χ3n) is 4.05. The van der Waals surface area contributed by atoms with Crippen molar-refractivity contribution in [1.82, 2.24) is 14.9 Å². The van der Waals surface area contributed by atoms with Crippen molar-refractivity contribution in [2.45, 2.75) is 19.8 Å². The van der Waals surface area contributed by atoms with Gasteiger partial charge in [-0.05, 0) is 19.1 Å². The molecule has 0 bridgehead atoms. The SMILES string of the molecule is Cc1nc(CCN2C(=O)c3ccccc3C2=O)[nH]c(=O)c1CC(=O)O. The number of carboxylic acid groups (broad SMARTS) is 1. The van der Waals surface area contributed by atoms with E-state index < -0.39 is 17.9 Å². The minimum absolute atomic E-state index is 0.0764. The minimum atomic E-state index is -1.12. The van der Waals surface area contributed by atoms with Gasteiger partial charge in [-0.3, -0.25) is 24.1 Å². The maximum atomic E-state index is 12.3. The summed E-state index contributed by atoms with van der Waals surface area (Å²) in [5, 5.41) is 8.81. The third-order valence-corrected chi connectivity index (χ3v) is 4.05. The van der Waals surface area contributed by atoms with E-state index in [1.165, 1.54) is 0 Å². The van der Waals surface area contributed by atoms with Crippen LogP contribution in [0.1, 0.15) is 37.8 Å². The van der Waals surface area contributed by atoms with Gasteiger partial charge in [-0.2, -0.15) is 0 Å². The molecule has 1 aliphatic heterocycles. The van der Waals surface area contributed by atoms with Gasteiger partial charge in [0.25, 0.3) is 17.4 Å². The summed E-state index contributed by atoms with van der Waals surface area (Å²) in [6, 6.07) is 6.58. The highest BCUT2D eigenvalue weighted by atomic mass is 16.4. The number of nitrogens with one attached hydrogen (secondary N) is 1. The summed E-state index contributed by atoms with van der Waals surface area (Å²) >= 11 is 0. The molecule has 3 rings (SSSR count). The van der Waals surface area contributed by atoms with Crippen LogP contribution in [-0.2, 0) is 17.6 Å². The Balaban J connectivity index is 1.77. The first-order valence-corrected chi connectivity index (χ1v) is 7.64. The van der Waals surface area contributed by atoms with Gasteiger partial charge in [0.2, 0.25) is 0 Å². The van der Waals surface area contributed by atoms with Gasteiger partial charge in [0.05, 0.1) is 17.5 Å². The maximum Gasteiger partial charge on any atom is 0.308 e. The first-order valence-electron chi connectivity index (χ1n) is 7.64. The molecule has 0 atom stereocenters. The lowest BCUT2D eigenvalue weighted by Crippen LogP contribution is -2.32. The number of hydrogen-bond donors (Lipinski definition) is 2. The van der Waals surface area contributed by atoms with E-state index in [2.05, 4.69) is 9.97 Å². The third kappa shape index (κ3) is 3.06. The molecule has 1 aliphatic rings. The van der Waals surface area contributed by atoms with Crippen molar-refractivity contribution in [1.29, 1.82) is 0 Å². The molecule has 2 amide bonds. The fourth-order valence-corrected chi connectivity index (χ4v) is 2.81. The van der Waals surface area contributed by atoms with Crippen LogP contribution in [0.15, 0.2) is 29.1 Å². The quantitative estimate of drug-likeness (QED) is 0.766. The van der Waals surface area contributed by atoms with Crippen molar-refractivity contribution in [3.8, 4) is 0 Å². The van der Waals surface area contributed by atoms with E-state index in [0.29, 0.717) is 22.6 Å². The number of hydrogen-bond acceptors (Lipinski definition) is 5. The lowest BCUT2D eigenvalue weighted by molar-refractivity contribution is -0.136. The van der Waals surface area contributed by atoms with Crippen LogP contribution in [-0.4, -0.2) is 44.3 Å². The van der Waals surface area contributed by atoms with Crippen LogP contribution < -0.4 is 5.56 Å². The number of benzene rings is 1. The zero-order valence-corrected chi connectivity index (χ0v) is 13.4. The van der Waals surface area contributed by atoms with Crippen molar-refractivity contribution in [3.63, 3.8) is 0 Å². The van der Waals surface area contributed by atoms with Gasteiger partial charge in [-0.15, -0.1) is 0 Å². The zero-order chi connectivity index (χ0) is 18.1. The van der Waals surface area contributed by atoms with Crippen LogP contribution in [0.4, 0.5) is 0 Å². The monoisotopic (exact) mass is 341 g/mol. The van der Waals surface area contributed by atoms with Crippen LogP contribution in [0.25, 0.3) is 0 Å². The fourth-order valence-electron chi connectivity index (χ4n) is 2.81. The minimum Gasteiger partial charge on any atom is -0.481 e. The molecule has 0 unspecified atom stereocenters. The number of aliphatic carboxylic acids is 1. The van der Waals surface area contributed by atoms with E-state index in [1.807, 2.05) is 0 Å². The molecule has 1 aromatic carbocycles. The molecule has 0 radical (unpaired) electrons. The Bertz CT molecular complexity index is 913. The summed E-state index contributed by atoms with van der Waals surface area (Å²) in [5.74, 6) is -1.56. The number of aryl methyl sites for hydroxylation is 1. The van der Waals surface area contributed by atoms with E-state index in [9.17, 15) is 19.2 Å². The average Bonchev–Trinajstić information content (AvgIpc) is 2.81. The van der Waals surface area contributed by atoms with E-state index in [1.54, 1.807) is 31.2 Å². The summed E-state index contributed by atoms with van der Waals surface area (Å²) in [6.07, 6.45) is -0.234. The normalized spacial score (nSPS) is 13.2. The average molecular weight is 341 g/mol. The lowest BCUT2D eigenvalue weighted by Gasteiger charge is -2.13. The van der Waals surface area contributed by atoms with E-state index in [-0.39, 0.29) is 30.3 Å². The molecule has 8 nitrogen and oxygen atoms in total. The highest BCUT2D eigenvalue weighted by Gasteiger charge is 2.34. The smallest absolute Gasteiger partial charge is 0.308 e. The van der Waals surface area contributed by atoms with Gasteiger partial charge in [0, 0.05) is 24.2 Å². The first kappa shape index (κ1) is 16.6. The second-order valence-corrected chi connectivity index (χ2v) is 5.70. The van der Waals surface area contributed by atoms with Gasteiger partial charge >= 0.3 is 5.97 Å². The van der Waals surface area contributed by atoms with Gasteiger partial charge in [0.15, 0.2) is 0 Å². The number of rotatable bonds is 5. The Hall–Kier alpha value is -3.29. The second-order valence-electron chi connectivity index (χ2n) is 5.70. The maximum absolute atomic E-state index is 12.3. The van der Waals surface area contributed by atoms with Crippen molar-refractivity contribution < 1.29 is 19.5 Å². The molecular formula is C17H15N3O5. The molecule has 0 aliphatic carbocycles. The Kier molecular flexibility index (Phi) is 4.18. The number of imide groups is 1. The largest absolute Gasteiger partial charge is 0.481 e. The molecule has 0 spiro atoms. The number of amides is 2. The Morgan fingerprint density at radius 1 is 1.16 bits per heavy atom. The molecule has 25 heavy (non-hydrogen) atoms. The number of carboxylic acids is 1. The summed E-state index contributed by atoms with van der Waals surface area (Å²) in [4.78, 5) is 55.2. The van der Waals surface area contributed by atoms with Crippen LogP contribution >= 0.6 is 0 Å². The lowest BCUT2D eigenvalue weighted by atomic mass is 10.1. The summed E-state index contributed by atoms with van der Waals surface area (Å²) in [7, 11) is 0. The van der Waals surface area contributed by atoms with Crippen molar-refractivity contribution in [2.75, 3.05) is 6.54 Å². The summed E-state index contributed by atoms with van der Waals surface area (Å²) in [6.45, 7) is 1.63. The molecule has 2 aromatic rings. The van der Waals surface area contributed by atoms with Crippen molar-refractivity contribution in [3.05, 3.63) is 62.8 Å². The zero-order valence-electron chi connectivity index (χ0n) is 13.4. The predicted octanol–water partition coefficient (Wildman–Crippen LogP) is 0.544. The van der Waals surface area contributed by atoms with E-state index >= 15 is 0 Å². The van der Waals surface area contributed by atoms with Gasteiger partial charge in [-0.1, -0.05) is 12.1 Å². The Morgan fingerprint density at radius 3 is 2.28 bits per heavy atom. The van der Waals surface area contributed by atoms with Gasteiger partial charge in [-0.25, -0.2) is 4.98 Å². The number of nitrogens with zero attached hydrogens (tertiary/aromatic N) is 2. The number of aromatic nitrogens is 2. The Morgan fingerprint density at radius 2 is 1.76 bits per heavy atom. The molecule has 0 fully saturated rings. The standard InChI is InChI=1S/C17H15N3O5/c1-9-12(8-14(21)22)15(23)19-13(18-9)6-7-20-16(24)10-4-2-3-5-11(10)17(20)25/h2-5H,6-8H2,1H3,(H,21,22)(H,18,19,23). The highest BCUT2D eigenvalue weighted by Crippen LogP contribution is 2.22. The first-order chi connectivity index (χ1) is 11.9. The molecule has 2 N–H and O–H groups in total. The molecule has 2 heterocycles. The van der Waals surface area contributed by atoms with E-state index in [4.69, 9.17) is 5.11 Å².